The van der Waals surface area contributed by atoms with Gasteiger partial charge >= 0.3 is 0 Å². The molecule has 0 aromatic carbocycles. The van der Waals surface area contributed by atoms with Gasteiger partial charge in [-0.1, -0.05) is 0 Å². The standard InChI is InChI=1S/C9H14N2O3S/c12-9(5-10-7-1-2-7)11-8-3-4-15(13,14)6-8/h3-4,7-8,10H,1-2,5-6H2,(H,11,12). The number of rotatable bonds is 4. The summed E-state index contributed by atoms with van der Waals surface area (Å²) in [6, 6.07) is 0.127. The van der Waals surface area contributed by atoms with Crippen molar-refractivity contribution in [3.05, 3.63) is 11.5 Å². The van der Waals surface area contributed by atoms with Gasteiger partial charge < -0.3 is 10.6 Å². The molecule has 1 unspecified atom stereocenters. The number of carbonyl (C=O) groups is 1. The van der Waals surface area contributed by atoms with Gasteiger partial charge in [-0.05, 0) is 18.9 Å². The molecule has 1 fully saturated rings. The summed E-state index contributed by atoms with van der Waals surface area (Å²) in [4.78, 5) is 11.3. The highest BCUT2D eigenvalue weighted by Gasteiger charge is 2.24. The van der Waals surface area contributed by atoms with E-state index in [0.717, 1.165) is 18.2 Å². The summed E-state index contributed by atoms with van der Waals surface area (Å²) in [7, 11) is -3.08. The second-order valence-corrected chi connectivity index (χ2v) is 5.92. The fraction of sp³-hybridized carbons (Fsp3) is 0.667. The molecular formula is C9H14N2O3S. The minimum atomic E-state index is -3.08. The van der Waals surface area contributed by atoms with Crippen LogP contribution in [0.3, 0.4) is 0 Å². The number of hydrogen-bond donors (Lipinski definition) is 2. The summed E-state index contributed by atoms with van der Waals surface area (Å²) in [6.07, 6.45) is 3.78. The molecule has 1 atom stereocenters. The first-order valence-electron chi connectivity index (χ1n) is 4.99. The summed E-state index contributed by atoms with van der Waals surface area (Å²) in [5.74, 6) is -0.157. The van der Waals surface area contributed by atoms with E-state index >= 15 is 0 Å². The van der Waals surface area contributed by atoms with Crippen molar-refractivity contribution in [2.75, 3.05) is 12.3 Å². The van der Waals surface area contributed by atoms with Gasteiger partial charge in [0.15, 0.2) is 9.84 Å². The van der Waals surface area contributed by atoms with E-state index in [1.807, 2.05) is 0 Å². The molecule has 1 amide bonds. The van der Waals surface area contributed by atoms with Crippen molar-refractivity contribution < 1.29 is 13.2 Å². The fourth-order valence-corrected chi connectivity index (χ4v) is 2.68. The fourth-order valence-electron chi connectivity index (χ4n) is 1.45. The number of nitrogens with one attached hydrogen (secondary N) is 2. The highest BCUT2D eigenvalue weighted by molar-refractivity contribution is 7.94. The minimum Gasteiger partial charge on any atom is -0.348 e. The molecule has 2 N–H and O–H groups in total. The molecule has 5 nitrogen and oxygen atoms in total. The lowest BCUT2D eigenvalue weighted by molar-refractivity contribution is -0.120. The average molecular weight is 230 g/mol. The van der Waals surface area contributed by atoms with Gasteiger partial charge in [0.1, 0.15) is 0 Å². The maximum atomic E-state index is 11.3. The normalized spacial score (nSPS) is 27.9. The van der Waals surface area contributed by atoms with Crippen LogP contribution in [0.15, 0.2) is 11.5 Å². The molecule has 1 heterocycles. The molecule has 1 aliphatic carbocycles. The van der Waals surface area contributed by atoms with Gasteiger partial charge in [0.05, 0.1) is 18.3 Å². The third-order valence-corrected chi connectivity index (χ3v) is 3.80. The van der Waals surface area contributed by atoms with Crippen molar-refractivity contribution in [1.29, 1.82) is 0 Å². The Labute approximate surface area is 88.8 Å². The first-order chi connectivity index (χ1) is 7.05. The van der Waals surface area contributed by atoms with E-state index in [0.29, 0.717) is 6.04 Å². The van der Waals surface area contributed by atoms with Gasteiger partial charge in [-0.25, -0.2) is 8.42 Å². The first-order valence-corrected chi connectivity index (χ1v) is 6.70. The van der Waals surface area contributed by atoms with E-state index in [-0.39, 0.29) is 24.2 Å². The van der Waals surface area contributed by atoms with E-state index in [1.165, 1.54) is 6.08 Å². The van der Waals surface area contributed by atoms with Gasteiger partial charge in [-0.2, -0.15) is 0 Å². The Morgan fingerprint density at radius 2 is 2.13 bits per heavy atom. The second kappa shape index (κ2) is 3.94. The Morgan fingerprint density at radius 1 is 1.40 bits per heavy atom. The molecule has 15 heavy (non-hydrogen) atoms. The Kier molecular flexibility index (Phi) is 2.79. The maximum Gasteiger partial charge on any atom is 0.234 e. The van der Waals surface area contributed by atoms with Crippen LogP contribution in [0.1, 0.15) is 12.8 Å². The lowest BCUT2D eigenvalue weighted by atomic mass is 10.3. The van der Waals surface area contributed by atoms with Crippen LogP contribution < -0.4 is 10.6 Å². The van der Waals surface area contributed by atoms with Crippen LogP contribution in [0.2, 0.25) is 0 Å². The number of sulfone groups is 1. The second-order valence-electron chi connectivity index (χ2n) is 3.99. The molecule has 2 rings (SSSR count). The van der Waals surface area contributed by atoms with E-state index in [2.05, 4.69) is 10.6 Å². The van der Waals surface area contributed by atoms with Crippen molar-refractivity contribution in [1.82, 2.24) is 10.6 Å². The minimum absolute atomic E-state index is 0.0117. The van der Waals surface area contributed by atoms with Crippen molar-refractivity contribution in [2.24, 2.45) is 0 Å². The smallest absolute Gasteiger partial charge is 0.234 e. The molecule has 0 radical (unpaired) electrons. The van der Waals surface area contributed by atoms with Gasteiger partial charge in [0, 0.05) is 11.4 Å². The van der Waals surface area contributed by atoms with Crippen LogP contribution in [0, 0.1) is 0 Å². The van der Waals surface area contributed by atoms with E-state index in [9.17, 15) is 13.2 Å². The summed E-state index contributed by atoms with van der Waals surface area (Å²) >= 11 is 0. The summed E-state index contributed by atoms with van der Waals surface area (Å²) in [6.45, 7) is 0.273. The number of hydrogen-bond acceptors (Lipinski definition) is 4. The van der Waals surface area contributed by atoms with Crippen molar-refractivity contribution in [3.8, 4) is 0 Å². The van der Waals surface area contributed by atoms with Crippen molar-refractivity contribution in [3.63, 3.8) is 0 Å². The average Bonchev–Trinajstić information content (AvgIpc) is 2.89. The lowest BCUT2D eigenvalue weighted by Gasteiger charge is -2.10. The molecule has 1 aliphatic heterocycles. The lowest BCUT2D eigenvalue weighted by Crippen LogP contribution is -2.41. The van der Waals surface area contributed by atoms with E-state index in [4.69, 9.17) is 0 Å². The van der Waals surface area contributed by atoms with Crippen LogP contribution in [-0.4, -0.2) is 38.7 Å². The molecule has 0 bridgehead atoms. The molecule has 6 heteroatoms. The Balaban J connectivity index is 1.72. The molecule has 0 saturated heterocycles. The zero-order valence-electron chi connectivity index (χ0n) is 8.27. The molecule has 2 aliphatic rings. The van der Waals surface area contributed by atoms with Crippen molar-refractivity contribution in [2.45, 2.75) is 24.9 Å². The van der Waals surface area contributed by atoms with Crippen LogP contribution in [0.4, 0.5) is 0 Å². The molecule has 84 valence electrons. The zero-order valence-corrected chi connectivity index (χ0v) is 9.09. The van der Waals surface area contributed by atoms with E-state index < -0.39 is 9.84 Å². The van der Waals surface area contributed by atoms with Gasteiger partial charge in [0.2, 0.25) is 5.91 Å². The molecular weight excluding hydrogens is 216 g/mol. The first kappa shape index (κ1) is 10.6. The SMILES string of the molecule is O=C(CNC1CC1)NC1C=CS(=O)(=O)C1. The predicted molar refractivity (Wildman–Crippen MR) is 55.9 cm³/mol. The van der Waals surface area contributed by atoms with Crippen LogP contribution in [0.25, 0.3) is 0 Å². The summed E-state index contributed by atoms with van der Waals surface area (Å²) in [5, 5.41) is 6.87. The molecule has 0 aromatic heterocycles. The van der Waals surface area contributed by atoms with E-state index in [1.54, 1.807) is 0 Å². The van der Waals surface area contributed by atoms with Crippen LogP contribution >= 0.6 is 0 Å². The maximum absolute atomic E-state index is 11.3. The van der Waals surface area contributed by atoms with Crippen LogP contribution in [-0.2, 0) is 14.6 Å². The van der Waals surface area contributed by atoms with Crippen molar-refractivity contribution >= 4 is 15.7 Å². The third kappa shape index (κ3) is 3.32. The van der Waals surface area contributed by atoms with Gasteiger partial charge in [-0.3, -0.25) is 4.79 Å². The van der Waals surface area contributed by atoms with Gasteiger partial charge in [0.25, 0.3) is 0 Å². The Hall–Kier alpha value is -0.880. The number of carbonyl (C=O) groups excluding carboxylic acids is 1. The quantitative estimate of drug-likeness (QED) is 0.660. The Bertz CT molecular complexity index is 384. The van der Waals surface area contributed by atoms with Gasteiger partial charge in [-0.15, -0.1) is 0 Å². The monoisotopic (exact) mass is 230 g/mol. The molecule has 1 saturated carbocycles. The van der Waals surface area contributed by atoms with Crippen LogP contribution in [0.5, 0.6) is 0 Å². The molecule has 0 aromatic rings. The highest BCUT2D eigenvalue weighted by Crippen LogP contribution is 2.17. The largest absolute Gasteiger partial charge is 0.348 e. The zero-order chi connectivity index (χ0) is 10.9. The Morgan fingerprint density at radius 3 is 2.67 bits per heavy atom. The third-order valence-electron chi connectivity index (χ3n) is 2.41. The summed E-state index contributed by atoms with van der Waals surface area (Å²) in [5.41, 5.74) is 0. The topological polar surface area (TPSA) is 75.3 Å². The summed E-state index contributed by atoms with van der Waals surface area (Å²) < 4.78 is 22.1. The predicted octanol–water partition coefficient (Wildman–Crippen LogP) is -0.835. The molecule has 0 spiro atoms. The number of amides is 1. The highest BCUT2D eigenvalue weighted by atomic mass is 32.2.